The second-order valence-corrected chi connectivity index (χ2v) is 6.14. The number of benzene rings is 2. The molecule has 0 amide bonds. The van der Waals surface area contributed by atoms with E-state index in [1.807, 2.05) is 30.3 Å². The van der Waals surface area contributed by atoms with Crippen LogP contribution >= 0.6 is 0 Å². The Morgan fingerprint density at radius 3 is 2.57 bits per heavy atom. The first-order chi connectivity index (χ1) is 9.98. The number of non-ortho nitro benzene ring substituents is 1. The molecular weight excluding hydrogens is 266 g/mol. The van der Waals surface area contributed by atoms with Crippen LogP contribution in [0.4, 0.5) is 11.4 Å². The fourth-order valence-electron chi connectivity index (χ4n) is 3.05. The molecule has 1 fully saturated rings. The van der Waals surface area contributed by atoms with E-state index in [9.17, 15) is 10.1 Å². The molecule has 21 heavy (non-hydrogen) atoms. The molecule has 1 aliphatic rings. The molecule has 0 spiro atoms. The van der Waals surface area contributed by atoms with Crippen molar-refractivity contribution in [1.29, 1.82) is 0 Å². The fraction of sp³-hybridized carbons (Fsp3) is 0.375. The number of hydrogen-bond acceptors (Lipinski definition) is 4. The molecule has 5 nitrogen and oxygen atoms in total. The van der Waals surface area contributed by atoms with E-state index >= 15 is 0 Å². The third kappa shape index (κ3) is 2.56. The van der Waals surface area contributed by atoms with Crippen LogP contribution in [0.3, 0.4) is 0 Å². The van der Waals surface area contributed by atoms with E-state index in [4.69, 9.17) is 0 Å². The van der Waals surface area contributed by atoms with Gasteiger partial charge < -0.3 is 10.2 Å². The zero-order chi connectivity index (χ0) is 15.0. The van der Waals surface area contributed by atoms with Gasteiger partial charge in [0.1, 0.15) is 0 Å². The Morgan fingerprint density at radius 2 is 1.90 bits per heavy atom. The van der Waals surface area contributed by atoms with E-state index in [2.05, 4.69) is 24.1 Å². The Balaban J connectivity index is 2.12. The van der Waals surface area contributed by atoms with Crippen molar-refractivity contribution in [3.8, 4) is 0 Å². The number of anilines is 1. The number of fused-ring (bicyclic) bond motifs is 1. The van der Waals surface area contributed by atoms with Crippen molar-refractivity contribution >= 4 is 22.1 Å². The molecule has 2 aromatic carbocycles. The Hall–Kier alpha value is -2.14. The van der Waals surface area contributed by atoms with Crippen molar-refractivity contribution < 1.29 is 4.92 Å². The van der Waals surface area contributed by atoms with Crippen molar-refractivity contribution in [2.75, 3.05) is 24.5 Å². The van der Waals surface area contributed by atoms with Crippen LogP contribution in [-0.4, -0.2) is 30.1 Å². The summed E-state index contributed by atoms with van der Waals surface area (Å²) in [5.41, 5.74) is 1.29. The van der Waals surface area contributed by atoms with Crippen LogP contribution in [0.2, 0.25) is 0 Å². The first-order valence-electron chi connectivity index (χ1n) is 7.14. The molecule has 1 saturated heterocycles. The summed E-state index contributed by atoms with van der Waals surface area (Å²) >= 11 is 0. The van der Waals surface area contributed by atoms with Crippen molar-refractivity contribution in [1.82, 2.24) is 5.32 Å². The van der Waals surface area contributed by atoms with E-state index < -0.39 is 0 Å². The molecule has 0 atom stereocenters. The molecule has 3 rings (SSSR count). The molecule has 0 saturated carbocycles. The van der Waals surface area contributed by atoms with Crippen LogP contribution in [0.25, 0.3) is 10.8 Å². The second kappa shape index (κ2) is 5.00. The van der Waals surface area contributed by atoms with Crippen molar-refractivity contribution in [3.05, 3.63) is 46.5 Å². The van der Waals surface area contributed by atoms with Crippen LogP contribution in [0.5, 0.6) is 0 Å². The minimum Gasteiger partial charge on any atom is -0.368 e. The summed E-state index contributed by atoms with van der Waals surface area (Å²) in [6.45, 7) is 7.05. The van der Waals surface area contributed by atoms with Gasteiger partial charge in [-0.2, -0.15) is 0 Å². The predicted octanol–water partition coefficient (Wildman–Crippen LogP) is 2.94. The quantitative estimate of drug-likeness (QED) is 0.681. The average Bonchev–Trinajstić information content (AvgIpc) is 2.44. The molecule has 0 aliphatic carbocycles. The van der Waals surface area contributed by atoms with Gasteiger partial charge >= 0.3 is 0 Å². The third-order valence-electron chi connectivity index (χ3n) is 3.99. The van der Waals surface area contributed by atoms with Gasteiger partial charge in [0.15, 0.2) is 0 Å². The highest BCUT2D eigenvalue weighted by Gasteiger charge is 2.27. The van der Waals surface area contributed by atoms with Crippen LogP contribution in [0, 0.1) is 10.1 Å². The normalized spacial score (nSPS) is 17.9. The van der Waals surface area contributed by atoms with Crippen LogP contribution in [0.15, 0.2) is 36.4 Å². The molecule has 1 N–H and O–H groups in total. The van der Waals surface area contributed by atoms with E-state index in [0.717, 1.165) is 30.7 Å². The zero-order valence-corrected chi connectivity index (χ0v) is 12.3. The van der Waals surface area contributed by atoms with Gasteiger partial charge in [0.25, 0.3) is 5.69 Å². The van der Waals surface area contributed by atoms with Crippen LogP contribution in [-0.2, 0) is 0 Å². The minimum absolute atomic E-state index is 0.0428. The van der Waals surface area contributed by atoms with E-state index in [1.54, 1.807) is 6.07 Å². The van der Waals surface area contributed by atoms with E-state index in [1.165, 1.54) is 0 Å². The number of piperazine rings is 1. The van der Waals surface area contributed by atoms with Gasteiger partial charge in [-0.05, 0) is 26.0 Å². The van der Waals surface area contributed by atoms with Gasteiger partial charge in [0, 0.05) is 42.3 Å². The van der Waals surface area contributed by atoms with E-state index in [-0.39, 0.29) is 16.1 Å². The molecular formula is C16H19N3O2. The summed E-state index contributed by atoms with van der Waals surface area (Å²) in [6, 6.07) is 11.1. The number of nitro benzene ring substituents is 1. The molecule has 0 aromatic heterocycles. The van der Waals surface area contributed by atoms with Crippen molar-refractivity contribution in [2.45, 2.75) is 19.4 Å². The second-order valence-electron chi connectivity index (χ2n) is 6.14. The van der Waals surface area contributed by atoms with Gasteiger partial charge in [-0.25, -0.2) is 0 Å². The Kier molecular flexibility index (Phi) is 3.29. The molecule has 5 heteroatoms. The summed E-state index contributed by atoms with van der Waals surface area (Å²) in [6.07, 6.45) is 0. The topological polar surface area (TPSA) is 58.4 Å². The monoisotopic (exact) mass is 285 g/mol. The SMILES string of the molecule is CC1(C)CN(c2ccc([N+](=O)[O-])c3ccccc23)CCN1. The van der Waals surface area contributed by atoms with Crippen molar-refractivity contribution in [2.24, 2.45) is 0 Å². The molecule has 0 radical (unpaired) electrons. The average molecular weight is 285 g/mol. The summed E-state index contributed by atoms with van der Waals surface area (Å²) in [5, 5.41) is 16.3. The lowest BCUT2D eigenvalue weighted by molar-refractivity contribution is -0.383. The maximum absolute atomic E-state index is 11.2. The molecule has 2 aromatic rings. The molecule has 110 valence electrons. The number of nitro groups is 1. The lowest BCUT2D eigenvalue weighted by Gasteiger charge is -2.40. The fourth-order valence-corrected chi connectivity index (χ4v) is 3.05. The first-order valence-corrected chi connectivity index (χ1v) is 7.14. The van der Waals surface area contributed by atoms with Crippen LogP contribution in [0.1, 0.15) is 13.8 Å². The smallest absolute Gasteiger partial charge is 0.277 e. The largest absolute Gasteiger partial charge is 0.368 e. The van der Waals surface area contributed by atoms with Crippen molar-refractivity contribution in [3.63, 3.8) is 0 Å². The highest BCUT2D eigenvalue weighted by Crippen LogP contribution is 2.34. The highest BCUT2D eigenvalue weighted by molar-refractivity contribution is 6.00. The Morgan fingerprint density at radius 1 is 1.19 bits per heavy atom. The van der Waals surface area contributed by atoms with Gasteiger partial charge in [0.05, 0.1) is 10.3 Å². The highest BCUT2D eigenvalue weighted by atomic mass is 16.6. The molecule has 0 bridgehead atoms. The Bertz CT molecular complexity index is 697. The zero-order valence-electron chi connectivity index (χ0n) is 12.3. The number of rotatable bonds is 2. The minimum atomic E-state index is -0.312. The maximum Gasteiger partial charge on any atom is 0.277 e. The molecule has 0 unspecified atom stereocenters. The number of nitrogens with one attached hydrogen (secondary N) is 1. The standard InChI is InChI=1S/C16H19N3O2/c1-16(2)11-18(10-9-17-16)14-7-8-15(19(20)21)13-6-4-3-5-12(13)14/h3-8,17H,9-11H2,1-2H3. The van der Waals surface area contributed by atoms with E-state index in [0.29, 0.717) is 5.39 Å². The van der Waals surface area contributed by atoms with Crippen LogP contribution < -0.4 is 10.2 Å². The molecule has 1 aliphatic heterocycles. The predicted molar refractivity (Wildman–Crippen MR) is 84.9 cm³/mol. The summed E-state index contributed by atoms with van der Waals surface area (Å²) in [4.78, 5) is 13.2. The lowest BCUT2D eigenvalue weighted by Crippen LogP contribution is -2.57. The van der Waals surface area contributed by atoms with Gasteiger partial charge in [-0.15, -0.1) is 0 Å². The van der Waals surface area contributed by atoms with Gasteiger partial charge in [0.2, 0.25) is 0 Å². The summed E-state index contributed by atoms with van der Waals surface area (Å²) in [5.74, 6) is 0. The molecule has 1 heterocycles. The maximum atomic E-state index is 11.2. The first kappa shape index (κ1) is 13.8. The lowest BCUT2D eigenvalue weighted by atomic mass is 9.99. The summed E-state index contributed by atoms with van der Waals surface area (Å²) < 4.78 is 0. The number of hydrogen-bond donors (Lipinski definition) is 1. The Labute approximate surface area is 123 Å². The summed E-state index contributed by atoms with van der Waals surface area (Å²) in [7, 11) is 0. The third-order valence-corrected chi connectivity index (χ3v) is 3.99. The van der Waals surface area contributed by atoms with Gasteiger partial charge in [-0.3, -0.25) is 10.1 Å². The van der Waals surface area contributed by atoms with Gasteiger partial charge in [-0.1, -0.05) is 18.2 Å². The number of nitrogens with zero attached hydrogens (tertiary/aromatic N) is 2.